The molecule has 2 rings (SSSR count). The van der Waals surface area contributed by atoms with Crippen LogP contribution in [-0.2, 0) is 31.5 Å². The molecule has 0 unspecified atom stereocenters. The molecular formula is C20H26N2O4P+. The second kappa shape index (κ2) is 10.8. The van der Waals surface area contributed by atoms with Gasteiger partial charge in [0.2, 0.25) is 0 Å². The minimum absolute atomic E-state index is 0.163. The average Bonchev–Trinajstić information content (AvgIpc) is 2.62. The summed E-state index contributed by atoms with van der Waals surface area (Å²) in [4.78, 5) is 23.8. The van der Waals surface area contributed by atoms with Crippen LogP contribution in [0.25, 0.3) is 0 Å². The first kappa shape index (κ1) is 21.0. The Morgan fingerprint density at radius 3 is 1.44 bits per heavy atom. The number of carbonyl (C=O) groups is 2. The fourth-order valence-electron chi connectivity index (χ4n) is 2.59. The van der Waals surface area contributed by atoms with Crippen LogP contribution in [0.5, 0.6) is 0 Å². The van der Waals surface area contributed by atoms with E-state index in [1.54, 1.807) is 0 Å². The molecule has 2 aromatic rings. The first-order valence-electron chi connectivity index (χ1n) is 8.93. The molecule has 6 nitrogen and oxygen atoms in total. The second-order valence-electron chi connectivity index (χ2n) is 6.25. The van der Waals surface area contributed by atoms with Gasteiger partial charge in [-0.1, -0.05) is 60.7 Å². The van der Waals surface area contributed by atoms with Gasteiger partial charge in [-0.3, -0.25) is 0 Å². The Morgan fingerprint density at radius 1 is 0.704 bits per heavy atom. The van der Waals surface area contributed by atoms with Crippen molar-refractivity contribution in [2.45, 2.75) is 38.5 Å². The first-order chi connectivity index (χ1) is 12.9. The van der Waals surface area contributed by atoms with Crippen LogP contribution >= 0.6 is 8.02 Å². The third-order valence-corrected chi connectivity index (χ3v) is 4.85. The van der Waals surface area contributed by atoms with E-state index in [0.29, 0.717) is 12.8 Å². The highest BCUT2D eigenvalue weighted by atomic mass is 31.2. The van der Waals surface area contributed by atoms with Crippen molar-refractivity contribution < 1.29 is 18.6 Å². The van der Waals surface area contributed by atoms with E-state index < -0.39 is 20.0 Å². The Kier molecular flexibility index (Phi) is 8.40. The van der Waals surface area contributed by atoms with Gasteiger partial charge in [0.15, 0.2) is 0 Å². The van der Waals surface area contributed by atoms with E-state index >= 15 is 0 Å². The van der Waals surface area contributed by atoms with Crippen molar-refractivity contribution in [3.8, 4) is 0 Å². The Bertz CT molecular complexity index is 662. The monoisotopic (exact) mass is 389 g/mol. The summed E-state index contributed by atoms with van der Waals surface area (Å²) < 4.78 is 9.99. The number of rotatable bonds is 10. The van der Waals surface area contributed by atoms with E-state index in [-0.39, 0.29) is 12.8 Å². The van der Waals surface area contributed by atoms with Crippen LogP contribution < -0.4 is 11.0 Å². The molecule has 2 aromatic carbocycles. The lowest BCUT2D eigenvalue weighted by molar-refractivity contribution is -0.138. The highest BCUT2D eigenvalue weighted by molar-refractivity contribution is 7.62. The van der Waals surface area contributed by atoms with Crippen LogP contribution in [-0.4, -0.2) is 11.9 Å². The van der Waals surface area contributed by atoms with Gasteiger partial charge in [0.25, 0.3) is 0 Å². The van der Waals surface area contributed by atoms with Crippen molar-refractivity contribution in [3.63, 3.8) is 0 Å². The largest absolute Gasteiger partial charge is 0.521 e. The maximum atomic E-state index is 11.9. The average molecular weight is 389 g/mol. The summed E-state index contributed by atoms with van der Waals surface area (Å²) in [6.45, 7) is 0. The van der Waals surface area contributed by atoms with Gasteiger partial charge in [0.05, 0.1) is 12.8 Å². The highest BCUT2D eigenvalue weighted by Gasteiger charge is 2.40. The number of benzene rings is 2. The molecule has 0 bridgehead atoms. The molecule has 0 heterocycles. The molecule has 0 amide bonds. The van der Waals surface area contributed by atoms with Crippen molar-refractivity contribution in [2.75, 3.05) is 0 Å². The second-order valence-corrected chi connectivity index (χ2v) is 7.91. The number of hydrogen-bond donors (Lipinski definition) is 2. The van der Waals surface area contributed by atoms with Crippen LogP contribution in [0.3, 0.4) is 0 Å². The van der Waals surface area contributed by atoms with Gasteiger partial charge in [-0.2, -0.15) is 0 Å². The van der Waals surface area contributed by atoms with Crippen molar-refractivity contribution in [3.05, 3.63) is 71.8 Å². The van der Waals surface area contributed by atoms with E-state index in [2.05, 4.69) is 0 Å². The summed E-state index contributed by atoms with van der Waals surface area (Å²) in [5, 5.41) is 0. The lowest BCUT2D eigenvalue weighted by atomic mass is 10.1. The summed E-state index contributed by atoms with van der Waals surface area (Å²) in [6.07, 6.45) is 3.03. The number of carbonyl (C=O) groups excluding carboxylic acids is 2. The van der Waals surface area contributed by atoms with Gasteiger partial charge in [-0.15, -0.1) is 11.0 Å². The third-order valence-electron chi connectivity index (χ3n) is 3.87. The molecule has 0 saturated heterocycles. The molecule has 0 radical (unpaired) electrons. The molecule has 4 N–H and O–H groups in total. The van der Waals surface area contributed by atoms with E-state index in [1.165, 1.54) is 0 Å². The minimum atomic E-state index is -3.48. The summed E-state index contributed by atoms with van der Waals surface area (Å²) in [5.41, 5.74) is 13.6. The van der Waals surface area contributed by atoms with Gasteiger partial charge in [0.1, 0.15) is 0 Å². The summed E-state index contributed by atoms with van der Waals surface area (Å²) >= 11 is 0. The third kappa shape index (κ3) is 8.78. The molecule has 7 heteroatoms. The van der Waals surface area contributed by atoms with Crippen molar-refractivity contribution >= 4 is 20.0 Å². The zero-order chi connectivity index (χ0) is 19.5. The fourth-order valence-corrected chi connectivity index (χ4v) is 3.45. The van der Waals surface area contributed by atoms with Crippen molar-refractivity contribution in [2.24, 2.45) is 11.0 Å². The molecule has 0 atom stereocenters. The zero-order valence-corrected chi connectivity index (χ0v) is 16.1. The molecule has 0 spiro atoms. The zero-order valence-electron chi connectivity index (χ0n) is 15.3. The van der Waals surface area contributed by atoms with Gasteiger partial charge in [-0.05, 0) is 36.8 Å². The lowest BCUT2D eigenvalue weighted by Gasteiger charge is -2.12. The summed E-state index contributed by atoms with van der Waals surface area (Å²) in [5.74, 6) is -1.11. The number of hydrogen-bond acceptors (Lipinski definition) is 6. The van der Waals surface area contributed by atoms with Crippen molar-refractivity contribution in [1.82, 2.24) is 0 Å². The van der Waals surface area contributed by atoms with Crippen LogP contribution in [0, 0.1) is 0 Å². The normalized spacial score (nSPS) is 11.0. The molecular weight excluding hydrogens is 363 g/mol. The van der Waals surface area contributed by atoms with Gasteiger partial charge in [0, 0.05) is 0 Å². The Hall–Kier alpha value is -2.27. The molecule has 0 aliphatic rings. The summed E-state index contributed by atoms with van der Waals surface area (Å²) in [6, 6.07) is 19.6. The predicted octanol–water partition coefficient (Wildman–Crippen LogP) is 3.71. The van der Waals surface area contributed by atoms with Crippen LogP contribution in [0.1, 0.15) is 36.8 Å². The number of aryl methyl sites for hydroxylation is 2. The maximum Gasteiger partial charge on any atom is 0.521 e. The summed E-state index contributed by atoms with van der Waals surface area (Å²) in [7, 11) is -3.48. The first-order valence-corrected chi connectivity index (χ1v) is 10.7. The molecule has 0 saturated carbocycles. The molecule has 0 aliphatic heterocycles. The fraction of sp³-hybridized carbons (Fsp3) is 0.300. The molecule has 0 aromatic heterocycles. The van der Waals surface area contributed by atoms with Crippen LogP contribution in [0.4, 0.5) is 0 Å². The van der Waals surface area contributed by atoms with Crippen LogP contribution in [0.15, 0.2) is 60.7 Å². The molecule has 144 valence electrons. The number of nitrogens with two attached hydrogens (primary N) is 2. The van der Waals surface area contributed by atoms with Gasteiger partial charge in [-0.25, -0.2) is 18.6 Å². The topological polar surface area (TPSA) is 105 Å². The quantitative estimate of drug-likeness (QED) is 0.600. The Balaban J connectivity index is 1.65. The maximum absolute atomic E-state index is 11.9. The van der Waals surface area contributed by atoms with Gasteiger partial charge < -0.3 is 0 Å². The van der Waals surface area contributed by atoms with Crippen LogP contribution in [0.2, 0.25) is 0 Å². The van der Waals surface area contributed by atoms with Crippen molar-refractivity contribution in [1.29, 1.82) is 0 Å². The lowest BCUT2D eigenvalue weighted by Crippen LogP contribution is -2.25. The Morgan fingerprint density at radius 2 is 1.07 bits per heavy atom. The Labute approximate surface area is 160 Å². The predicted molar refractivity (Wildman–Crippen MR) is 106 cm³/mol. The van der Waals surface area contributed by atoms with E-state index in [4.69, 9.17) is 20.1 Å². The molecule has 0 aliphatic carbocycles. The van der Waals surface area contributed by atoms with Gasteiger partial charge >= 0.3 is 20.0 Å². The smallest absolute Gasteiger partial charge is 0.247 e. The van der Waals surface area contributed by atoms with E-state index in [9.17, 15) is 9.59 Å². The standard InChI is InChI=1S/C20H26N2O4P/c21-27(22,25-19(23)15-7-13-17-9-3-1-4-10-17)26-20(24)16-8-14-18-11-5-2-6-12-18/h1-6,9-12H,7-8,13-16,21-22H2/q+1. The SMILES string of the molecule is N[P+](N)(OC(=O)CCCc1ccccc1)OC(=O)CCCc1ccccc1. The minimum Gasteiger partial charge on any atom is -0.247 e. The molecule has 27 heavy (non-hydrogen) atoms. The highest BCUT2D eigenvalue weighted by Crippen LogP contribution is 2.45. The molecule has 0 fully saturated rings. The van der Waals surface area contributed by atoms with E-state index in [1.807, 2.05) is 60.7 Å². The van der Waals surface area contributed by atoms with E-state index in [0.717, 1.165) is 24.0 Å².